The van der Waals surface area contributed by atoms with E-state index < -0.39 is 23.6 Å². The van der Waals surface area contributed by atoms with Crippen LogP contribution in [0.2, 0.25) is 0 Å². The van der Waals surface area contributed by atoms with Crippen LogP contribution in [-0.4, -0.2) is 5.91 Å². The zero-order valence-electron chi connectivity index (χ0n) is 11.8. The molecule has 2 aromatic rings. The van der Waals surface area contributed by atoms with E-state index in [2.05, 4.69) is 5.32 Å². The fourth-order valence-electron chi connectivity index (χ4n) is 2.29. The predicted molar refractivity (Wildman–Crippen MR) is 78.1 cm³/mol. The van der Waals surface area contributed by atoms with E-state index in [1.807, 2.05) is 0 Å². The number of hydrogen-bond donors (Lipinski definition) is 2. The van der Waals surface area contributed by atoms with Crippen molar-refractivity contribution >= 4 is 11.6 Å². The Morgan fingerprint density at radius 1 is 1.14 bits per heavy atom. The summed E-state index contributed by atoms with van der Waals surface area (Å²) in [6, 6.07) is 8.16. The largest absolute Gasteiger partial charge is 0.378 e. The number of amides is 1. The number of nitrogens with two attached hydrogens (primary N) is 1. The maximum Gasteiger partial charge on any atom is 0.249 e. The molecule has 0 aliphatic heterocycles. The zero-order chi connectivity index (χ0) is 15.6. The molecule has 0 radical (unpaired) electrons. The van der Waals surface area contributed by atoms with Crippen molar-refractivity contribution in [1.82, 2.24) is 0 Å². The van der Waals surface area contributed by atoms with Gasteiger partial charge in [-0.3, -0.25) is 4.79 Å². The third-order valence-corrected chi connectivity index (χ3v) is 3.40. The van der Waals surface area contributed by atoms with Crippen molar-refractivity contribution in [2.75, 3.05) is 5.32 Å². The van der Waals surface area contributed by atoms with Gasteiger partial charge in [0.05, 0.1) is 6.04 Å². The fourth-order valence-corrected chi connectivity index (χ4v) is 2.29. The summed E-state index contributed by atoms with van der Waals surface area (Å²) in [5.41, 5.74) is 6.88. The fraction of sp³-hybridized carbons (Fsp3) is 0.188. The van der Waals surface area contributed by atoms with Crippen LogP contribution in [0.15, 0.2) is 36.4 Å². The van der Waals surface area contributed by atoms with E-state index in [0.29, 0.717) is 16.8 Å². The Kier molecular flexibility index (Phi) is 4.21. The van der Waals surface area contributed by atoms with Gasteiger partial charge in [-0.05, 0) is 43.7 Å². The average Bonchev–Trinajstić information content (AvgIpc) is 2.40. The molecule has 3 N–H and O–H groups in total. The molecule has 0 saturated heterocycles. The molecule has 0 aromatic heterocycles. The van der Waals surface area contributed by atoms with Crippen molar-refractivity contribution in [3.05, 3.63) is 64.7 Å². The van der Waals surface area contributed by atoms with Crippen LogP contribution in [0.5, 0.6) is 0 Å². The van der Waals surface area contributed by atoms with E-state index in [0.717, 1.165) is 0 Å². The number of benzene rings is 2. The summed E-state index contributed by atoms with van der Waals surface area (Å²) in [5, 5.41) is 3.02. The van der Waals surface area contributed by atoms with Crippen LogP contribution in [0.1, 0.15) is 34.5 Å². The quantitative estimate of drug-likeness (QED) is 0.904. The van der Waals surface area contributed by atoms with Gasteiger partial charge in [-0.15, -0.1) is 0 Å². The van der Waals surface area contributed by atoms with Crippen molar-refractivity contribution in [2.45, 2.75) is 19.9 Å². The van der Waals surface area contributed by atoms with Gasteiger partial charge in [0.25, 0.3) is 0 Å². The Labute approximate surface area is 121 Å². The SMILES string of the molecule is Cc1c(NC(C)c2c(F)cccc2F)cccc1C(N)=O. The number of rotatable bonds is 4. The van der Waals surface area contributed by atoms with E-state index in [1.54, 1.807) is 32.0 Å². The van der Waals surface area contributed by atoms with Crippen molar-refractivity contribution < 1.29 is 13.6 Å². The molecule has 1 atom stereocenters. The third-order valence-electron chi connectivity index (χ3n) is 3.40. The number of carbonyl (C=O) groups excluding carboxylic acids is 1. The molecule has 2 aromatic carbocycles. The summed E-state index contributed by atoms with van der Waals surface area (Å²) in [6.45, 7) is 3.38. The first-order chi connectivity index (χ1) is 9.91. The van der Waals surface area contributed by atoms with Gasteiger partial charge in [0.1, 0.15) is 11.6 Å². The first-order valence-corrected chi connectivity index (χ1v) is 6.51. The van der Waals surface area contributed by atoms with Gasteiger partial charge < -0.3 is 11.1 Å². The molecule has 2 rings (SSSR count). The highest BCUT2D eigenvalue weighted by atomic mass is 19.1. The minimum Gasteiger partial charge on any atom is -0.378 e. The molecule has 110 valence electrons. The highest BCUT2D eigenvalue weighted by Crippen LogP contribution is 2.27. The van der Waals surface area contributed by atoms with Gasteiger partial charge in [-0.1, -0.05) is 12.1 Å². The molecule has 5 heteroatoms. The molecule has 0 aliphatic rings. The van der Waals surface area contributed by atoms with E-state index in [-0.39, 0.29) is 5.56 Å². The third kappa shape index (κ3) is 3.02. The first kappa shape index (κ1) is 15.0. The van der Waals surface area contributed by atoms with Gasteiger partial charge in [0.2, 0.25) is 5.91 Å². The van der Waals surface area contributed by atoms with Crippen LogP contribution in [0.25, 0.3) is 0 Å². The maximum absolute atomic E-state index is 13.8. The van der Waals surface area contributed by atoms with Gasteiger partial charge in [-0.2, -0.15) is 0 Å². The van der Waals surface area contributed by atoms with Crippen LogP contribution in [0.4, 0.5) is 14.5 Å². The zero-order valence-corrected chi connectivity index (χ0v) is 11.8. The second-order valence-electron chi connectivity index (χ2n) is 4.84. The Morgan fingerprint density at radius 3 is 2.29 bits per heavy atom. The van der Waals surface area contributed by atoms with Crippen molar-refractivity contribution in [3.63, 3.8) is 0 Å². The minimum absolute atomic E-state index is 0.0404. The van der Waals surface area contributed by atoms with Gasteiger partial charge in [0.15, 0.2) is 0 Å². The molecule has 3 nitrogen and oxygen atoms in total. The van der Waals surface area contributed by atoms with Crippen molar-refractivity contribution in [1.29, 1.82) is 0 Å². The molecule has 0 saturated carbocycles. The number of hydrogen-bond acceptors (Lipinski definition) is 2. The number of anilines is 1. The molecule has 0 spiro atoms. The van der Waals surface area contributed by atoms with Crippen LogP contribution in [0.3, 0.4) is 0 Å². The topological polar surface area (TPSA) is 55.1 Å². The molecule has 0 bridgehead atoms. The lowest BCUT2D eigenvalue weighted by Gasteiger charge is -2.19. The van der Waals surface area contributed by atoms with Gasteiger partial charge in [0, 0.05) is 16.8 Å². The Balaban J connectivity index is 2.34. The molecule has 0 heterocycles. The number of primary amides is 1. The molecule has 0 aliphatic carbocycles. The predicted octanol–water partition coefficient (Wildman–Crippen LogP) is 3.55. The lowest BCUT2D eigenvalue weighted by atomic mass is 10.0. The Hall–Kier alpha value is -2.43. The van der Waals surface area contributed by atoms with Crippen LogP contribution in [0, 0.1) is 18.6 Å². The normalized spacial score (nSPS) is 12.0. The molecular weight excluding hydrogens is 274 g/mol. The van der Waals surface area contributed by atoms with Crippen LogP contribution >= 0.6 is 0 Å². The summed E-state index contributed by atoms with van der Waals surface area (Å²) < 4.78 is 27.5. The molecular formula is C16H16F2N2O. The Morgan fingerprint density at radius 2 is 1.71 bits per heavy atom. The van der Waals surface area contributed by atoms with Crippen molar-refractivity contribution in [2.24, 2.45) is 5.73 Å². The number of nitrogens with one attached hydrogen (secondary N) is 1. The van der Waals surface area contributed by atoms with Crippen LogP contribution < -0.4 is 11.1 Å². The lowest BCUT2D eigenvalue weighted by molar-refractivity contribution is 0.0999. The Bertz CT molecular complexity index is 666. The molecule has 21 heavy (non-hydrogen) atoms. The second-order valence-corrected chi connectivity index (χ2v) is 4.84. The highest BCUT2D eigenvalue weighted by Gasteiger charge is 2.17. The van der Waals surface area contributed by atoms with E-state index in [9.17, 15) is 13.6 Å². The molecule has 1 amide bonds. The van der Waals surface area contributed by atoms with Gasteiger partial charge in [-0.25, -0.2) is 8.78 Å². The van der Waals surface area contributed by atoms with Gasteiger partial charge >= 0.3 is 0 Å². The van der Waals surface area contributed by atoms with E-state index >= 15 is 0 Å². The summed E-state index contributed by atoms with van der Waals surface area (Å²) in [4.78, 5) is 11.3. The maximum atomic E-state index is 13.8. The number of halogens is 2. The smallest absolute Gasteiger partial charge is 0.249 e. The summed E-state index contributed by atoms with van der Waals surface area (Å²) in [7, 11) is 0. The highest BCUT2D eigenvalue weighted by molar-refractivity contribution is 5.95. The summed E-state index contributed by atoms with van der Waals surface area (Å²) >= 11 is 0. The molecule has 0 fully saturated rings. The average molecular weight is 290 g/mol. The van der Waals surface area contributed by atoms with Crippen molar-refractivity contribution in [3.8, 4) is 0 Å². The van der Waals surface area contributed by atoms with E-state index in [1.165, 1.54) is 18.2 Å². The standard InChI is InChI=1S/C16H16F2N2O/c1-9-11(16(19)21)5-3-8-14(9)20-10(2)15-12(17)6-4-7-13(15)18/h3-8,10,20H,1-2H3,(H2,19,21). The van der Waals surface area contributed by atoms with E-state index in [4.69, 9.17) is 5.73 Å². The van der Waals surface area contributed by atoms with Crippen LogP contribution in [-0.2, 0) is 0 Å². The first-order valence-electron chi connectivity index (χ1n) is 6.51. The summed E-state index contributed by atoms with van der Waals surface area (Å²) in [5.74, 6) is -1.77. The summed E-state index contributed by atoms with van der Waals surface area (Å²) in [6.07, 6.45) is 0. The lowest BCUT2D eigenvalue weighted by Crippen LogP contribution is -2.16. The monoisotopic (exact) mass is 290 g/mol. The second kappa shape index (κ2) is 5.91. The number of carbonyl (C=O) groups is 1. The molecule has 1 unspecified atom stereocenters. The minimum atomic E-state index is -0.612.